The molecule has 2 nitrogen and oxygen atoms in total. The van der Waals surface area contributed by atoms with Gasteiger partial charge in [-0.15, -0.1) is 0 Å². The van der Waals surface area contributed by atoms with Gasteiger partial charge in [-0.05, 0) is 125 Å². The SMILES string of the molecule is C.CN(C)[C@H](c1ccccc1)C1CCCC1P(c1ccccc1)c1ccccc1.CN(C)[C@H](c1ccccc1)C1CCCC1P(c1ccccc1)c1ccccc1.[Fe]. The van der Waals surface area contributed by atoms with Crippen molar-refractivity contribution in [2.45, 2.75) is 69.4 Å². The molecule has 6 aromatic rings. The van der Waals surface area contributed by atoms with E-state index in [-0.39, 0.29) is 40.3 Å². The summed E-state index contributed by atoms with van der Waals surface area (Å²) in [4.78, 5) is 4.89. The molecule has 6 aromatic carbocycles. The maximum Gasteiger partial charge on any atom is 0.0376 e. The van der Waals surface area contributed by atoms with Gasteiger partial charge in [-0.1, -0.05) is 202 Å². The van der Waals surface area contributed by atoms with Crippen LogP contribution in [0.3, 0.4) is 0 Å². The molecule has 0 aromatic heterocycles. The molecule has 0 aliphatic heterocycles. The van der Waals surface area contributed by atoms with Gasteiger partial charge in [0.15, 0.2) is 0 Å². The second-order valence-corrected chi connectivity index (χ2v) is 20.9. The predicted molar refractivity (Wildman–Crippen MR) is 253 cm³/mol. The van der Waals surface area contributed by atoms with Crippen LogP contribution in [0.1, 0.15) is 69.2 Å². The second-order valence-electron chi connectivity index (χ2n) is 16.0. The Morgan fingerprint density at radius 1 is 0.379 bits per heavy atom. The molecular formula is C53H64FeN2P2. The van der Waals surface area contributed by atoms with Crippen molar-refractivity contribution in [3.63, 3.8) is 0 Å². The van der Waals surface area contributed by atoms with E-state index in [4.69, 9.17) is 0 Å². The van der Waals surface area contributed by atoms with Gasteiger partial charge in [0, 0.05) is 29.2 Å². The summed E-state index contributed by atoms with van der Waals surface area (Å²) in [6.07, 6.45) is 7.98. The monoisotopic (exact) mass is 846 g/mol. The van der Waals surface area contributed by atoms with Crippen molar-refractivity contribution in [1.29, 1.82) is 0 Å². The summed E-state index contributed by atoms with van der Waals surface area (Å²) in [6, 6.07) is 68.2. The Hall–Kier alpha value is -3.38. The first kappa shape index (κ1) is 45.7. The first-order valence-electron chi connectivity index (χ1n) is 20.7. The van der Waals surface area contributed by atoms with Gasteiger partial charge >= 0.3 is 0 Å². The molecule has 2 saturated carbocycles. The third-order valence-corrected chi connectivity index (χ3v) is 18.1. The van der Waals surface area contributed by atoms with Crippen LogP contribution in [0.15, 0.2) is 182 Å². The van der Waals surface area contributed by atoms with E-state index in [2.05, 4.69) is 220 Å². The van der Waals surface area contributed by atoms with E-state index >= 15 is 0 Å². The largest absolute Gasteiger partial charge is 0.302 e. The molecule has 0 N–H and O–H groups in total. The summed E-state index contributed by atoms with van der Waals surface area (Å²) in [6.45, 7) is 0. The summed E-state index contributed by atoms with van der Waals surface area (Å²) in [5.74, 6) is 1.37. The molecule has 0 radical (unpaired) electrons. The van der Waals surface area contributed by atoms with Gasteiger partial charge < -0.3 is 9.80 Å². The number of nitrogens with zero attached hydrogens (tertiary/aromatic N) is 2. The molecule has 0 spiro atoms. The molecule has 304 valence electrons. The van der Waals surface area contributed by atoms with Crippen molar-refractivity contribution >= 4 is 37.1 Å². The molecule has 2 aliphatic carbocycles. The van der Waals surface area contributed by atoms with E-state index in [0.717, 1.165) is 0 Å². The van der Waals surface area contributed by atoms with Crippen LogP contribution in [0, 0.1) is 11.8 Å². The van der Waals surface area contributed by atoms with Gasteiger partial charge in [0.25, 0.3) is 0 Å². The summed E-state index contributed by atoms with van der Waals surface area (Å²) in [7, 11) is 8.27. The van der Waals surface area contributed by atoms with E-state index in [9.17, 15) is 0 Å². The molecular weight excluding hydrogens is 782 g/mol. The topological polar surface area (TPSA) is 6.48 Å². The van der Waals surface area contributed by atoms with E-state index in [0.29, 0.717) is 35.2 Å². The molecule has 8 rings (SSSR count). The minimum Gasteiger partial charge on any atom is -0.302 e. The number of benzene rings is 6. The van der Waals surface area contributed by atoms with Crippen LogP contribution in [0.4, 0.5) is 0 Å². The van der Waals surface area contributed by atoms with E-state index in [1.165, 1.54) is 70.9 Å². The zero-order chi connectivity index (χ0) is 38.7. The van der Waals surface area contributed by atoms with Gasteiger partial charge in [0.05, 0.1) is 0 Å². The van der Waals surface area contributed by atoms with E-state index in [1.807, 2.05) is 0 Å². The first-order valence-corrected chi connectivity index (χ1v) is 23.5. The Balaban J connectivity index is 0.000000214. The fraction of sp³-hybridized carbons (Fsp3) is 0.321. The van der Waals surface area contributed by atoms with Crippen molar-refractivity contribution in [3.8, 4) is 0 Å². The number of rotatable bonds is 12. The normalized spacial score (nSPS) is 19.9. The Morgan fingerprint density at radius 3 is 0.862 bits per heavy atom. The van der Waals surface area contributed by atoms with Crippen molar-refractivity contribution in [2.24, 2.45) is 11.8 Å². The van der Waals surface area contributed by atoms with E-state index in [1.54, 1.807) is 0 Å². The zero-order valence-electron chi connectivity index (χ0n) is 34.2. The Morgan fingerprint density at radius 2 is 0.621 bits per heavy atom. The zero-order valence-corrected chi connectivity index (χ0v) is 37.1. The van der Waals surface area contributed by atoms with Crippen LogP contribution in [0.25, 0.3) is 0 Å². The number of hydrogen-bond donors (Lipinski definition) is 0. The van der Waals surface area contributed by atoms with E-state index < -0.39 is 0 Å². The standard InChI is InChI=1S/2C26H30NP.CH4.Fe/c2*1-27(2)26(21-13-6-3-7-14-21)24-19-12-20-25(24)28(22-15-8-4-9-16-22)23-17-10-5-11-18-23;;/h2*3-11,13-18,24-26H,12,19-20H2,1-2H3;1H4;/t2*24?,25?,26-;;/m11../s1. The second kappa shape index (κ2) is 22.8. The summed E-state index contributed by atoms with van der Waals surface area (Å²) in [5.41, 5.74) is 4.35. The van der Waals surface area contributed by atoms with Gasteiger partial charge in [0.2, 0.25) is 0 Å². The molecule has 2 fully saturated rings. The average molecular weight is 847 g/mol. The van der Waals surface area contributed by atoms with Gasteiger partial charge in [0.1, 0.15) is 0 Å². The van der Waals surface area contributed by atoms with Crippen LogP contribution in [0.2, 0.25) is 0 Å². The van der Waals surface area contributed by atoms with Crippen LogP contribution >= 0.6 is 15.8 Å². The Kier molecular flexibility index (Phi) is 18.0. The molecule has 4 unspecified atom stereocenters. The summed E-state index contributed by atoms with van der Waals surface area (Å²) in [5, 5.41) is 6.08. The van der Waals surface area contributed by atoms with Gasteiger partial charge in [-0.25, -0.2) is 0 Å². The van der Waals surface area contributed by atoms with Crippen molar-refractivity contribution in [2.75, 3.05) is 28.2 Å². The quantitative estimate of drug-likeness (QED) is 0.0894. The molecule has 0 heterocycles. The first-order chi connectivity index (χ1) is 27.5. The molecule has 6 atom stereocenters. The maximum absolute atomic E-state index is 2.45. The summed E-state index contributed by atoms with van der Waals surface area (Å²) < 4.78 is 0. The predicted octanol–water partition coefficient (Wildman–Crippen LogP) is 11.8. The van der Waals surface area contributed by atoms with Crippen LogP contribution < -0.4 is 21.2 Å². The molecule has 58 heavy (non-hydrogen) atoms. The Labute approximate surface area is 364 Å². The minimum absolute atomic E-state index is 0. The summed E-state index contributed by atoms with van der Waals surface area (Å²) >= 11 is 0. The molecule has 0 amide bonds. The third-order valence-electron chi connectivity index (χ3n) is 12.1. The van der Waals surface area contributed by atoms with Crippen molar-refractivity contribution in [3.05, 3.63) is 193 Å². The minimum atomic E-state index is -0.366. The molecule has 5 heteroatoms. The van der Waals surface area contributed by atoms with Gasteiger partial charge in [-0.2, -0.15) is 0 Å². The fourth-order valence-electron chi connectivity index (χ4n) is 9.89. The number of hydrogen-bond acceptors (Lipinski definition) is 2. The fourth-order valence-corrected chi connectivity index (χ4v) is 16.3. The smallest absolute Gasteiger partial charge is 0.0376 e. The molecule has 0 saturated heterocycles. The maximum atomic E-state index is 2.45. The molecule has 0 bridgehead atoms. The van der Waals surface area contributed by atoms with Gasteiger partial charge in [-0.3, -0.25) is 0 Å². The van der Waals surface area contributed by atoms with Crippen molar-refractivity contribution in [1.82, 2.24) is 9.80 Å². The molecule has 2 aliphatic rings. The van der Waals surface area contributed by atoms with Crippen molar-refractivity contribution < 1.29 is 17.1 Å². The van der Waals surface area contributed by atoms with Crippen LogP contribution in [-0.2, 0) is 17.1 Å². The average Bonchev–Trinajstić information content (AvgIpc) is 3.91. The Bertz CT molecular complexity index is 1770. The van der Waals surface area contributed by atoms with Crippen LogP contribution in [0.5, 0.6) is 0 Å². The van der Waals surface area contributed by atoms with Crippen LogP contribution in [-0.4, -0.2) is 49.3 Å². The third kappa shape index (κ3) is 11.1.